The van der Waals surface area contributed by atoms with E-state index in [-0.39, 0.29) is 35.2 Å². The smallest absolute Gasteiger partial charge is 0.261 e. The Bertz CT molecular complexity index is 802. The van der Waals surface area contributed by atoms with Crippen LogP contribution in [-0.2, 0) is 4.79 Å². The van der Waals surface area contributed by atoms with Crippen molar-refractivity contribution in [2.45, 2.75) is 39.7 Å². The number of carbonyl (C=O) groups is 4. The Morgan fingerprint density at radius 1 is 0.963 bits per heavy atom. The van der Waals surface area contributed by atoms with Crippen LogP contribution in [-0.4, -0.2) is 70.5 Å². The van der Waals surface area contributed by atoms with E-state index in [4.69, 9.17) is 0 Å². The molecule has 1 aromatic carbocycles. The van der Waals surface area contributed by atoms with Gasteiger partial charge in [-0.1, -0.05) is 6.92 Å². The molecule has 144 valence electrons. The van der Waals surface area contributed by atoms with Crippen LogP contribution in [0.1, 0.15) is 64.7 Å². The van der Waals surface area contributed by atoms with Crippen LogP contribution in [0.5, 0.6) is 0 Å². The van der Waals surface area contributed by atoms with Crippen LogP contribution in [0, 0.1) is 0 Å². The molecular formula is C20H25N3O4. The van der Waals surface area contributed by atoms with Crippen molar-refractivity contribution in [2.24, 2.45) is 0 Å². The lowest BCUT2D eigenvalue weighted by Crippen LogP contribution is -2.37. The molecule has 27 heavy (non-hydrogen) atoms. The van der Waals surface area contributed by atoms with E-state index in [0.717, 1.165) is 6.42 Å². The fraction of sp³-hybridized carbons (Fsp3) is 0.500. The Balaban J connectivity index is 1.79. The summed E-state index contributed by atoms with van der Waals surface area (Å²) >= 11 is 0. The standard InChI is InChI=1S/C20H25N3O4/c1-4-17(24)21-8-5-9-22(11-10-21)18(25)14-6-7-15-16(12-14)20(27)23(13(2)3)19(15)26/h6-7,12-13H,4-5,8-11H2,1-3H3. The molecule has 2 aliphatic heterocycles. The molecular weight excluding hydrogens is 346 g/mol. The topological polar surface area (TPSA) is 78.0 Å². The average Bonchev–Trinajstić information content (AvgIpc) is 2.82. The van der Waals surface area contributed by atoms with Crippen LogP contribution in [0.4, 0.5) is 0 Å². The monoisotopic (exact) mass is 371 g/mol. The molecule has 7 nitrogen and oxygen atoms in total. The fourth-order valence-corrected chi connectivity index (χ4v) is 3.64. The summed E-state index contributed by atoms with van der Waals surface area (Å²) in [6.07, 6.45) is 1.18. The second kappa shape index (κ2) is 7.50. The number of amides is 4. The lowest BCUT2D eigenvalue weighted by Gasteiger charge is -2.22. The van der Waals surface area contributed by atoms with E-state index >= 15 is 0 Å². The van der Waals surface area contributed by atoms with E-state index in [1.165, 1.54) is 11.0 Å². The van der Waals surface area contributed by atoms with E-state index in [1.54, 1.807) is 35.8 Å². The van der Waals surface area contributed by atoms with Gasteiger partial charge in [-0.25, -0.2) is 0 Å². The Morgan fingerprint density at radius 3 is 2.26 bits per heavy atom. The number of imide groups is 1. The third-order valence-electron chi connectivity index (χ3n) is 5.12. The molecule has 2 heterocycles. The highest BCUT2D eigenvalue weighted by molar-refractivity contribution is 6.22. The van der Waals surface area contributed by atoms with Gasteiger partial charge < -0.3 is 9.80 Å². The molecule has 0 bridgehead atoms. The summed E-state index contributed by atoms with van der Waals surface area (Å²) in [5, 5.41) is 0. The van der Waals surface area contributed by atoms with Gasteiger partial charge in [0.2, 0.25) is 5.91 Å². The molecule has 1 saturated heterocycles. The molecule has 1 fully saturated rings. The van der Waals surface area contributed by atoms with Crippen LogP contribution in [0.15, 0.2) is 18.2 Å². The molecule has 0 saturated carbocycles. The van der Waals surface area contributed by atoms with Crippen molar-refractivity contribution in [3.8, 4) is 0 Å². The predicted octanol–water partition coefficient (Wildman–Crippen LogP) is 1.78. The molecule has 0 spiro atoms. The molecule has 7 heteroatoms. The number of carbonyl (C=O) groups excluding carboxylic acids is 4. The van der Waals surface area contributed by atoms with Gasteiger partial charge in [0.1, 0.15) is 0 Å². The van der Waals surface area contributed by atoms with Crippen LogP contribution in [0.3, 0.4) is 0 Å². The van der Waals surface area contributed by atoms with Gasteiger partial charge in [0.25, 0.3) is 17.7 Å². The molecule has 0 unspecified atom stereocenters. The zero-order valence-electron chi connectivity index (χ0n) is 16.0. The maximum Gasteiger partial charge on any atom is 0.261 e. The van der Waals surface area contributed by atoms with E-state index in [1.807, 2.05) is 6.92 Å². The summed E-state index contributed by atoms with van der Waals surface area (Å²) in [6.45, 7) is 7.60. The quantitative estimate of drug-likeness (QED) is 0.759. The van der Waals surface area contributed by atoms with Gasteiger partial charge in [-0.2, -0.15) is 0 Å². The molecule has 2 aliphatic rings. The largest absolute Gasteiger partial charge is 0.341 e. The van der Waals surface area contributed by atoms with Crippen molar-refractivity contribution in [3.63, 3.8) is 0 Å². The van der Waals surface area contributed by atoms with Gasteiger partial charge in [0.15, 0.2) is 0 Å². The highest BCUT2D eigenvalue weighted by Gasteiger charge is 2.37. The summed E-state index contributed by atoms with van der Waals surface area (Å²) in [6, 6.07) is 4.47. The molecule has 0 aromatic heterocycles. The number of rotatable bonds is 3. The highest BCUT2D eigenvalue weighted by atomic mass is 16.2. The Hall–Kier alpha value is -2.70. The number of hydrogen-bond acceptors (Lipinski definition) is 4. The van der Waals surface area contributed by atoms with Crippen molar-refractivity contribution in [1.29, 1.82) is 0 Å². The first-order valence-corrected chi connectivity index (χ1v) is 9.44. The Labute approximate surface area is 158 Å². The van der Waals surface area contributed by atoms with Gasteiger partial charge in [0, 0.05) is 44.2 Å². The van der Waals surface area contributed by atoms with Gasteiger partial charge in [-0.3, -0.25) is 24.1 Å². The number of benzene rings is 1. The summed E-state index contributed by atoms with van der Waals surface area (Å²) in [5.74, 6) is -0.741. The summed E-state index contributed by atoms with van der Waals surface area (Å²) in [7, 11) is 0. The number of hydrogen-bond donors (Lipinski definition) is 0. The minimum atomic E-state index is -0.352. The maximum atomic E-state index is 12.9. The van der Waals surface area contributed by atoms with Gasteiger partial charge >= 0.3 is 0 Å². The first-order valence-electron chi connectivity index (χ1n) is 9.44. The fourth-order valence-electron chi connectivity index (χ4n) is 3.64. The molecule has 4 amide bonds. The molecule has 1 aromatic rings. The molecule has 0 N–H and O–H groups in total. The van der Waals surface area contributed by atoms with Gasteiger partial charge in [-0.15, -0.1) is 0 Å². The highest BCUT2D eigenvalue weighted by Crippen LogP contribution is 2.26. The van der Waals surface area contributed by atoms with Gasteiger partial charge in [-0.05, 0) is 38.5 Å². The Morgan fingerprint density at radius 2 is 1.59 bits per heavy atom. The first-order chi connectivity index (χ1) is 12.8. The molecule has 0 atom stereocenters. The Kier molecular flexibility index (Phi) is 5.30. The minimum absolute atomic E-state index is 0.0970. The number of fused-ring (bicyclic) bond motifs is 1. The van der Waals surface area contributed by atoms with Crippen LogP contribution in [0.2, 0.25) is 0 Å². The zero-order valence-corrected chi connectivity index (χ0v) is 16.0. The summed E-state index contributed by atoms with van der Waals surface area (Å²) in [4.78, 5) is 54.5. The van der Waals surface area contributed by atoms with Gasteiger partial charge in [0.05, 0.1) is 11.1 Å². The molecule has 0 aliphatic carbocycles. The molecule has 3 rings (SSSR count). The molecule has 0 radical (unpaired) electrons. The SMILES string of the molecule is CCC(=O)N1CCCN(C(=O)c2ccc3c(c2)C(=O)N(C(C)C)C3=O)CC1. The lowest BCUT2D eigenvalue weighted by atomic mass is 10.0. The lowest BCUT2D eigenvalue weighted by molar-refractivity contribution is -0.130. The van der Waals surface area contributed by atoms with E-state index in [2.05, 4.69) is 0 Å². The predicted molar refractivity (Wildman–Crippen MR) is 99.5 cm³/mol. The van der Waals surface area contributed by atoms with Crippen LogP contribution in [0.25, 0.3) is 0 Å². The van der Waals surface area contributed by atoms with Crippen molar-refractivity contribution in [3.05, 3.63) is 34.9 Å². The maximum absolute atomic E-state index is 12.9. The van der Waals surface area contributed by atoms with Crippen molar-refractivity contribution >= 4 is 23.6 Å². The normalized spacial score (nSPS) is 17.4. The van der Waals surface area contributed by atoms with Crippen molar-refractivity contribution < 1.29 is 19.2 Å². The second-order valence-corrected chi connectivity index (χ2v) is 7.21. The van der Waals surface area contributed by atoms with E-state index < -0.39 is 0 Å². The number of nitrogens with zero attached hydrogens (tertiary/aromatic N) is 3. The zero-order chi connectivity index (χ0) is 19.7. The second-order valence-electron chi connectivity index (χ2n) is 7.21. The average molecular weight is 371 g/mol. The van der Waals surface area contributed by atoms with E-state index in [0.29, 0.717) is 43.7 Å². The summed E-state index contributed by atoms with van der Waals surface area (Å²) < 4.78 is 0. The third-order valence-corrected chi connectivity index (χ3v) is 5.12. The van der Waals surface area contributed by atoms with Crippen LogP contribution >= 0.6 is 0 Å². The minimum Gasteiger partial charge on any atom is -0.341 e. The van der Waals surface area contributed by atoms with E-state index in [9.17, 15) is 19.2 Å². The van der Waals surface area contributed by atoms with Crippen molar-refractivity contribution in [2.75, 3.05) is 26.2 Å². The summed E-state index contributed by atoms with van der Waals surface area (Å²) in [5.41, 5.74) is 1.04. The first kappa shape index (κ1) is 19.1. The third kappa shape index (κ3) is 3.46. The van der Waals surface area contributed by atoms with Crippen LogP contribution < -0.4 is 0 Å². The van der Waals surface area contributed by atoms with Crippen molar-refractivity contribution in [1.82, 2.24) is 14.7 Å².